The molecule has 0 N–H and O–H groups in total. The Morgan fingerprint density at radius 2 is 1.88 bits per heavy atom. The number of thiophene rings is 1. The quantitative estimate of drug-likeness (QED) is 0.538. The van der Waals surface area contributed by atoms with E-state index in [4.69, 9.17) is 11.6 Å². The summed E-state index contributed by atoms with van der Waals surface area (Å²) in [5.74, 6) is 0.622. The molecule has 92 valence electrons. The molecule has 0 amide bonds. The van der Waals surface area contributed by atoms with E-state index in [1.807, 2.05) is 0 Å². The van der Waals surface area contributed by atoms with Crippen LogP contribution in [0.5, 0.6) is 0 Å². The van der Waals surface area contributed by atoms with Crippen LogP contribution in [0.1, 0.15) is 55.3 Å². The van der Waals surface area contributed by atoms with E-state index >= 15 is 0 Å². The second-order valence-electron chi connectivity index (χ2n) is 4.30. The van der Waals surface area contributed by atoms with E-state index in [1.54, 1.807) is 11.3 Å². The van der Waals surface area contributed by atoms with Gasteiger partial charge in [-0.2, -0.15) is 0 Å². The van der Waals surface area contributed by atoms with Crippen molar-refractivity contribution in [2.24, 2.45) is 5.92 Å². The van der Waals surface area contributed by atoms with E-state index < -0.39 is 0 Å². The third-order valence-electron chi connectivity index (χ3n) is 2.96. The minimum Gasteiger partial charge on any atom is -0.133 e. The fourth-order valence-electron chi connectivity index (χ4n) is 2.16. The molecule has 0 aromatic carbocycles. The van der Waals surface area contributed by atoms with Crippen molar-refractivity contribution < 1.29 is 0 Å². The summed E-state index contributed by atoms with van der Waals surface area (Å²) in [5.41, 5.74) is 1.32. The van der Waals surface area contributed by atoms with Crippen molar-refractivity contribution in [1.82, 2.24) is 0 Å². The maximum atomic E-state index is 6.63. The van der Waals surface area contributed by atoms with Crippen molar-refractivity contribution in [3.8, 4) is 0 Å². The van der Waals surface area contributed by atoms with Gasteiger partial charge in [0.1, 0.15) is 0 Å². The maximum absolute atomic E-state index is 6.63. The molecule has 1 aromatic heterocycles. The van der Waals surface area contributed by atoms with Gasteiger partial charge in [-0.15, -0.1) is 22.9 Å². The molecule has 0 aliphatic rings. The fraction of sp³-hybridized carbons (Fsp3) is 0.692. The lowest BCUT2D eigenvalue weighted by atomic mass is 9.91. The SMILES string of the molecule is CCCC(CCC)C(Cl)c1cc(Br)sc1C. The molecule has 1 rings (SSSR count). The Hall–Kier alpha value is 0.470. The first-order chi connectivity index (χ1) is 7.60. The molecule has 0 aliphatic heterocycles. The lowest BCUT2D eigenvalue weighted by Gasteiger charge is -2.21. The summed E-state index contributed by atoms with van der Waals surface area (Å²) in [4.78, 5) is 1.35. The van der Waals surface area contributed by atoms with Crippen LogP contribution in [0.2, 0.25) is 0 Å². The first kappa shape index (κ1) is 14.5. The van der Waals surface area contributed by atoms with Gasteiger partial charge in [0.2, 0.25) is 0 Å². The molecular weight excluding hydrogens is 304 g/mol. The third kappa shape index (κ3) is 3.75. The van der Waals surface area contributed by atoms with Crippen LogP contribution < -0.4 is 0 Å². The highest BCUT2D eigenvalue weighted by Gasteiger charge is 2.22. The molecule has 1 atom stereocenters. The summed E-state index contributed by atoms with van der Waals surface area (Å²) in [7, 11) is 0. The number of alkyl halides is 1. The highest BCUT2D eigenvalue weighted by molar-refractivity contribution is 9.11. The molecule has 0 saturated heterocycles. The van der Waals surface area contributed by atoms with Gasteiger partial charge in [0.25, 0.3) is 0 Å². The van der Waals surface area contributed by atoms with Gasteiger partial charge in [0, 0.05) is 4.88 Å². The second-order valence-corrected chi connectivity index (χ2v) is 7.41. The molecule has 3 heteroatoms. The van der Waals surface area contributed by atoms with E-state index in [0.717, 1.165) is 0 Å². The molecule has 0 radical (unpaired) electrons. The molecule has 0 saturated carbocycles. The van der Waals surface area contributed by atoms with Crippen LogP contribution in [0.15, 0.2) is 9.85 Å². The Labute approximate surface area is 117 Å². The summed E-state index contributed by atoms with van der Waals surface area (Å²) < 4.78 is 1.19. The van der Waals surface area contributed by atoms with Gasteiger partial charge in [-0.1, -0.05) is 26.7 Å². The van der Waals surface area contributed by atoms with Crippen LogP contribution in [0.4, 0.5) is 0 Å². The van der Waals surface area contributed by atoms with Crippen LogP contribution in [-0.2, 0) is 0 Å². The predicted octanol–water partition coefficient (Wildman–Crippen LogP) is 6.32. The molecule has 1 unspecified atom stereocenters. The largest absolute Gasteiger partial charge is 0.133 e. The van der Waals surface area contributed by atoms with Crippen molar-refractivity contribution in [2.45, 2.75) is 51.8 Å². The Kier molecular flexibility index (Phi) is 6.38. The van der Waals surface area contributed by atoms with E-state index in [-0.39, 0.29) is 5.38 Å². The van der Waals surface area contributed by atoms with E-state index in [9.17, 15) is 0 Å². The summed E-state index contributed by atoms with van der Waals surface area (Å²) in [6, 6.07) is 2.19. The van der Waals surface area contributed by atoms with Gasteiger partial charge in [-0.25, -0.2) is 0 Å². The minimum absolute atomic E-state index is 0.183. The van der Waals surface area contributed by atoms with Crippen LogP contribution >= 0.6 is 38.9 Å². The summed E-state index contributed by atoms with van der Waals surface area (Å²) in [6.07, 6.45) is 4.90. The van der Waals surface area contributed by atoms with Gasteiger partial charge < -0.3 is 0 Å². The summed E-state index contributed by atoms with van der Waals surface area (Å²) in [5, 5.41) is 0.183. The third-order valence-corrected chi connectivity index (χ3v) is 5.12. The van der Waals surface area contributed by atoms with Crippen LogP contribution in [-0.4, -0.2) is 0 Å². The van der Waals surface area contributed by atoms with Gasteiger partial charge in [-0.3, -0.25) is 0 Å². The molecule has 0 fully saturated rings. The number of halogens is 2. The topological polar surface area (TPSA) is 0 Å². The van der Waals surface area contributed by atoms with Gasteiger partial charge in [-0.05, 0) is 53.2 Å². The maximum Gasteiger partial charge on any atom is 0.0704 e. The van der Waals surface area contributed by atoms with E-state index in [1.165, 1.54) is 39.9 Å². The van der Waals surface area contributed by atoms with Crippen LogP contribution in [0.3, 0.4) is 0 Å². The smallest absolute Gasteiger partial charge is 0.0704 e. The molecular formula is C13H20BrClS. The molecule has 0 nitrogen and oxygen atoms in total. The standard InChI is InChI=1S/C13H20BrClS/c1-4-6-10(7-5-2)13(15)11-8-12(14)16-9(11)3/h8,10,13H,4-7H2,1-3H3. The summed E-state index contributed by atoms with van der Waals surface area (Å²) >= 11 is 12.0. The highest BCUT2D eigenvalue weighted by Crippen LogP contribution is 2.40. The van der Waals surface area contributed by atoms with Crippen LogP contribution in [0, 0.1) is 12.8 Å². The molecule has 0 aliphatic carbocycles. The fourth-order valence-corrected chi connectivity index (χ4v) is 4.47. The van der Waals surface area contributed by atoms with Crippen molar-refractivity contribution in [3.63, 3.8) is 0 Å². The minimum atomic E-state index is 0.183. The first-order valence-corrected chi connectivity index (χ1v) is 8.04. The number of rotatable bonds is 6. The Balaban J connectivity index is 2.80. The average molecular weight is 324 g/mol. The van der Waals surface area contributed by atoms with E-state index in [2.05, 4.69) is 42.8 Å². The van der Waals surface area contributed by atoms with E-state index in [0.29, 0.717) is 5.92 Å². The first-order valence-electron chi connectivity index (χ1n) is 6.00. The summed E-state index contributed by atoms with van der Waals surface area (Å²) in [6.45, 7) is 6.64. The van der Waals surface area contributed by atoms with Crippen molar-refractivity contribution in [2.75, 3.05) is 0 Å². The zero-order chi connectivity index (χ0) is 12.1. The Morgan fingerprint density at radius 1 is 1.31 bits per heavy atom. The van der Waals surface area contributed by atoms with Crippen molar-refractivity contribution >= 4 is 38.9 Å². The number of hydrogen-bond acceptors (Lipinski definition) is 1. The zero-order valence-corrected chi connectivity index (χ0v) is 13.4. The molecule has 1 heterocycles. The Morgan fingerprint density at radius 3 is 2.25 bits per heavy atom. The van der Waals surface area contributed by atoms with Gasteiger partial charge >= 0.3 is 0 Å². The molecule has 0 spiro atoms. The second kappa shape index (κ2) is 7.03. The molecule has 16 heavy (non-hydrogen) atoms. The van der Waals surface area contributed by atoms with Crippen LogP contribution in [0.25, 0.3) is 0 Å². The Bertz CT molecular complexity index is 316. The monoisotopic (exact) mass is 322 g/mol. The van der Waals surface area contributed by atoms with Crippen molar-refractivity contribution in [1.29, 1.82) is 0 Å². The van der Waals surface area contributed by atoms with Gasteiger partial charge in [0.15, 0.2) is 0 Å². The predicted molar refractivity (Wildman–Crippen MR) is 78.7 cm³/mol. The number of aryl methyl sites for hydroxylation is 1. The number of hydrogen-bond donors (Lipinski definition) is 0. The lowest BCUT2D eigenvalue weighted by molar-refractivity contribution is 0.426. The van der Waals surface area contributed by atoms with Gasteiger partial charge in [0.05, 0.1) is 9.16 Å². The average Bonchev–Trinajstić information content (AvgIpc) is 2.56. The molecule has 1 aromatic rings. The zero-order valence-electron chi connectivity index (χ0n) is 10.2. The molecule has 0 bridgehead atoms. The lowest BCUT2D eigenvalue weighted by Crippen LogP contribution is -2.08. The highest BCUT2D eigenvalue weighted by atomic mass is 79.9. The van der Waals surface area contributed by atoms with Crippen molar-refractivity contribution in [3.05, 3.63) is 20.3 Å². The normalized spacial score (nSPS) is 13.4.